The summed E-state index contributed by atoms with van der Waals surface area (Å²) < 4.78 is 54.2. The quantitative estimate of drug-likeness (QED) is 0.553. The van der Waals surface area contributed by atoms with Crippen molar-refractivity contribution in [3.63, 3.8) is 0 Å². The summed E-state index contributed by atoms with van der Waals surface area (Å²) >= 11 is 0. The van der Waals surface area contributed by atoms with Crippen molar-refractivity contribution < 1.29 is 26.8 Å². The van der Waals surface area contributed by atoms with Gasteiger partial charge in [-0.3, -0.25) is 9.59 Å². The van der Waals surface area contributed by atoms with Crippen LogP contribution in [0.2, 0.25) is 0 Å². The summed E-state index contributed by atoms with van der Waals surface area (Å²) in [5.41, 5.74) is 1.17. The van der Waals surface area contributed by atoms with Crippen molar-refractivity contribution in [1.82, 2.24) is 14.9 Å². The number of carbonyl (C=O) groups excluding carboxylic acids is 2. The Morgan fingerprint density at radius 3 is 2.29 bits per heavy atom. The molecule has 1 atom stereocenters. The molecule has 2 aromatic carbocycles. The number of rotatable bonds is 8. The number of piperidine rings is 1. The monoisotopic (exact) mass is 493 g/mol. The SMILES string of the molecule is Cc1cc(F)ccc1S(=O)(=O)N1CCCC[C@@H]1CCNC(=O)C(=O)NCCc1ccc(F)cc1. The fourth-order valence-electron chi connectivity index (χ4n) is 4.09. The number of halogens is 2. The predicted octanol–water partition coefficient (Wildman–Crippen LogP) is 2.68. The first-order valence-electron chi connectivity index (χ1n) is 11.3. The molecule has 7 nitrogen and oxygen atoms in total. The number of benzene rings is 2. The first-order chi connectivity index (χ1) is 16.2. The van der Waals surface area contributed by atoms with Crippen LogP contribution in [0.1, 0.15) is 36.8 Å². The van der Waals surface area contributed by atoms with Crippen LogP contribution < -0.4 is 10.6 Å². The van der Waals surface area contributed by atoms with Gasteiger partial charge in [-0.15, -0.1) is 0 Å². The summed E-state index contributed by atoms with van der Waals surface area (Å²) in [6, 6.07) is 9.16. The van der Waals surface area contributed by atoms with Crippen LogP contribution in [-0.2, 0) is 26.0 Å². The lowest BCUT2D eigenvalue weighted by Crippen LogP contribution is -2.46. The van der Waals surface area contributed by atoms with Crippen molar-refractivity contribution in [3.8, 4) is 0 Å². The molecule has 2 amide bonds. The fourth-order valence-corrected chi connectivity index (χ4v) is 6.02. The molecular formula is C24H29F2N3O4S. The summed E-state index contributed by atoms with van der Waals surface area (Å²) in [5, 5.41) is 5.06. The van der Waals surface area contributed by atoms with Gasteiger partial charge in [0.25, 0.3) is 0 Å². The van der Waals surface area contributed by atoms with Crippen molar-refractivity contribution in [2.75, 3.05) is 19.6 Å². The lowest BCUT2D eigenvalue weighted by Gasteiger charge is -2.35. The lowest BCUT2D eigenvalue weighted by atomic mass is 10.0. The Labute approximate surface area is 198 Å². The second-order valence-corrected chi connectivity index (χ2v) is 10.2. The zero-order valence-electron chi connectivity index (χ0n) is 19.0. The van der Waals surface area contributed by atoms with E-state index in [1.165, 1.54) is 28.6 Å². The summed E-state index contributed by atoms with van der Waals surface area (Å²) in [5.74, 6) is -2.41. The van der Waals surface area contributed by atoms with Gasteiger partial charge in [-0.1, -0.05) is 18.6 Å². The summed E-state index contributed by atoms with van der Waals surface area (Å²) in [4.78, 5) is 24.2. The van der Waals surface area contributed by atoms with Crippen LogP contribution in [0, 0.1) is 18.6 Å². The topological polar surface area (TPSA) is 95.6 Å². The molecule has 0 unspecified atom stereocenters. The van der Waals surface area contributed by atoms with Gasteiger partial charge >= 0.3 is 11.8 Å². The Morgan fingerprint density at radius 2 is 1.62 bits per heavy atom. The number of nitrogens with zero attached hydrogens (tertiary/aromatic N) is 1. The number of hydrogen-bond donors (Lipinski definition) is 2. The molecule has 1 fully saturated rings. The largest absolute Gasteiger partial charge is 0.348 e. The second-order valence-electron chi connectivity index (χ2n) is 8.35. The average Bonchev–Trinajstić information content (AvgIpc) is 2.80. The molecule has 3 rings (SSSR count). The van der Waals surface area contributed by atoms with E-state index in [1.807, 2.05) is 0 Å². The van der Waals surface area contributed by atoms with Crippen molar-refractivity contribution in [2.45, 2.75) is 50.0 Å². The third kappa shape index (κ3) is 6.60. The summed E-state index contributed by atoms with van der Waals surface area (Å²) in [7, 11) is -3.82. The minimum atomic E-state index is -3.82. The normalized spacial score (nSPS) is 16.7. The van der Waals surface area contributed by atoms with Gasteiger partial charge in [-0.05, 0) is 74.1 Å². The number of carbonyl (C=O) groups is 2. The number of amides is 2. The summed E-state index contributed by atoms with van der Waals surface area (Å²) in [6.07, 6.45) is 3.03. The van der Waals surface area contributed by atoms with Gasteiger partial charge in [0.1, 0.15) is 11.6 Å². The van der Waals surface area contributed by atoms with E-state index in [-0.39, 0.29) is 29.8 Å². The minimum Gasteiger partial charge on any atom is -0.348 e. The van der Waals surface area contributed by atoms with E-state index in [1.54, 1.807) is 19.1 Å². The van der Waals surface area contributed by atoms with E-state index < -0.39 is 27.7 Å². The minimum absolute atomic E-state index is 0.0744. The third-order valence-electron chi connectivity index (χ3n) is 5.88. The van der Waals surface area contributed by atoms with E-state index in [9.17, 15) is 26.8 Å². The Hall–Kier alpha value is -2.85. The molecule has 10 heteroatoms. The number of hydrogen-bond acceptors (Lipinski definition) is 4. The van der Waals surface area contributed by atoms with Gasteiger partial charge in [-0.2, -0.15) is 4.31 Å². The van der Waals surface area contributed by atoms with Crippen molar-refractivity contribution in [1.29, 1.82) is 0 Å². The van der Waals surface area contributed by atoms with Gasteiger partial charge in [0, 0.05) is 25.7 Å². The Balaban J connectivity index is 1.50. The maximum absolute atomic E-state index is 13.4. The molecule has 0 aromatic heterocycles. The standard InChI is InChI=1S/C24H29F2N3O4S/c1-17-16-20(26)9-10-22(17)34(32,33)29-15-3-2-4-21(29)12-14-28-24(31)23(30)27-13-11-18-5-7-19(25)8-6-18/h5-10,16,21H,2-4,11-15H2,1H3,(H,27,30)(H,28,31)/t21-/m1/s1. The fraction of sp³-hybridized carbons (Fsp3) is 0.417. The van der Waals surface area contributed by atoms with E-state index in [0.29, 0.717) is 31.4 Å². The zero-order chi connectivity index (χ0) is 24.7. The Bertz CT molecular complexity index is 1120. The van der Waals surface area contributed by atoms with Gasteiger partial charge in [0.2, 0.25) is 10.0 Å². The van der Waals surface area contributed by atoms with Crippen molar-refractivity contribution in [2.24, 2.45) is 0 Å². The highest BCUT2D eigenvalue weighted by Crippen LogP contribution is 2.28. The van der Waals surface area contributed by atoms with E-state index >= 15 is 0 Å². The highest BCUT2D eigenvalue weighted by Gasteiger charge is 2.34. The van der Waals surface area contributed by atoms with Gasteiger partial charge in [-0.25, -0.2) is 17.2 Å². The first kappa shape index (κ1) is 25.8. The molecular weight excluding hydrogens is 464 g/mol. The number of aryl methyl sites for hydroxylation is 1. The van der Waals surface area contributed by atoms with Gasteiger partial charge < -0.3 is 10.6 Å². The molecule has 2 N–H and O–H groups in total. The molecule has 0 aliphatic carbocycles. The zero-order valence-corrected chi connectivity index (χ0v) is 19.8. The molecule has 1 saturated heterocycles. The first-order valence-corrected chi connectivity index (χ1v) is 12.7. The number of nitrogens with one attached hydrogen (secondary N) is 2. The van der Waals surface area contributed by atoms with Crippen LogP contribution in [0.4, 0.5) is 8.78 Å². The smallest absolute Gasteiger partial charge is 0.309 e. The molecule has 0 radical (unpaired) electrons. The van der Waals surface area contributed by atoms with Crippen molar-refractivity contribution in [3.05, 3.63) is 65.2 Å². The molecule has 184 valence electrons. The van der Waals surface area contributed by atoms with E-state index in [0.717, 1.165) is 24.5 Å². The lowest BCUT2D eigenvalue weighted by molar-refractivity contribution is -0.139. The molecule has 2 aromatic rings. The molecule has 0 spiro atoms. The van der Waals surface area contributed by atoms with Crippen LogP contribution in [-0.4, -0.2) is 50.2 Å². The maximum atomic E-state index is 13.4. The summed E-state index contributed by atoms with van der Waals surface area (Å²) in [6.45, 7) is 2.28. The van der Waals surface area contributed by atoms with E-state index in [2.05, 4.69) is 10.6 Å². The molecule has 34 heavy (non-hydrogen) atoms. The molecule has 0 saturated carbocycles. The van der Waals surface area contributed by atoms with Crippen molar-refractivity contribution >= 4 is 21.8 Å². The molecule has 1 aliphatic rings. The maximum Gasteiger partial charge on any atom is 0.309 e. The highest BCUT2D eigenvalue weighted by atomic mass is 32.2. The number of sulfonamides is 1. The average molecular weight is 494 g/mol. The molecule has 1 heterocycles. The Kier molecular flexibility index (Phi) is 8.73. The molecule has 1 aliphatic heterocycles. The van der Waals surface area contributed by atoms with E-state index in [4.69, 9.17) is 0 Å². The Morgan fingerprint density at radius 1 is 0.971 bits per heavy atom. The third-order valence-corrected chi connectivity index (χ3v) is 7.99. The van der Waals surface area contributed by atoms with Gasteiger partial charge in [0.05, 0.1) is 4.90 Å². The predicted molar refractivity (Wildman–Crippen MR) is 123 cm³/mol. The van der Waals surface area contributed by atoms with Crippen LogP contribution >= 0.6 is 0 Å². The molecule has 0 bridgehead atoms. The van der Waals surface area contributed by atoms with Gasteiger partial charge in [0.15, 0.2) is 0 Å². The second kappa shape index (κ2) is 11.5. The van der Waals surface area contributed by atoms with Crippen LogP contribution in [0.25, 0.3) is 0 Å². The van der Waals surface area contributed by atoms with Crippen LogP contribution in [0.3, 0.4) is 0 Å². The van der Waals surface area contributed by atoms with Crippen LogP contribution in [0.5, 0.6) is 0 Å². The highest BCUT2D eigenvalue weighted by molar-refractivity contribution is 7.89. The van der Waals surface area contributed by atoms with Crippen LogP contribution in [0.15, 0.2) is 47.4 Å².